The van der Waals surface area contributed by atoms with Gasteiger partial charge in [0.05, 0.1) is 31.6 Å². The molecule has 0 bridgehead atoms. The summed E-state index contributed by atoms with van der Waals surface area (Å²) in [6.07, 6.45) is 1.48. The topological polar surface area (TPSA) is 128 Å². The van der Waals surface area contributed by atoms with Gasteiger partial charge in [-0.05, 0) is 48.0 Å². The molecule has 0 unspecified atom stereocenters. The molecule has 0 saturated carbocycles. The smallest absolute Gasteiger partial charge is 0.312 e. The van der Waals surface area contributed by atoms with E-state index in [1.807, 2.05) is 24.3 Å². The number of halogens is 3. The molecule has 4 aromatic carbocycles. The minimum Gasteiger partial charge on any atom is -0.429 e. The molecule has 6 rings (SSSR count). The Morgan fingerprint density at radius 2 is 1.63 bits per heavy atom. The highest BCUT2D eigenvalue weighted by Gasteiger charge is 2.20. The molecule has 0 radical (unpaired) electrons. The average Bonchev–Trinajstić information content (AvgIpc) is 3.44. The molecule has 214 valence electrons. The summed E-state index contributed by atoms with van der Waals surface area (Å²) in [5, 5.41) is 18.9. The molecule has 2 aromatic heterocycles. The van der Waals surface area contributed by atoms with Crippen molar-refractivity contribution in [2.45, 2.75) is 6.42 Å². The highest BCUT2D eigenvalue weighted by atomic mass is 79.9. The first kappa shape index (κ1) is 28.4. The summed E-state index contributed by atoms with van der Waals surface area (Å²) in [7, 11) is 0. The van der Waals surface area contributed by atoms with Gasteiger partial charge >= 0.3 is 6.01 Å². The molecule has 13 heteroatoms. The predicted molar refractivity (Wildman–Crippen MR) is 170 cm³/mol. The van der Waals surface area contributed by atoms with Crippen LogP contribution in [0.1, 0.15) is 11.4 Å². The number of para-hydroxylation sites is 4. The number of nitrogens with zero attached hydrogens (tertiary/aromatic N) is 4. The molecule has 0 aliphatic rings. The van der Waals surface area contributed by atoms with Crippen molar-refractivity contribution in [1.29, 1.82) is 0 Å². The lowest BCUT2D eigenvalue weighted by atomic mass is 10.1. The van der Waals surface area contributed by atoms with E-state index in [0.29, 0.717) is 42.6 Å². The Kier molecular flexibility index (Phi) is 7.85. The minimum absolute atomic E-state index is 0.0601. The van der Waals surface area contributed by atoms with Crippen LogP contribution in [0.25, 0.3) is 16.9 Å². The molecule has 10 nitrogen and oxygen atoms in total. The van der Waals surface area contributed by atoms with E-state index in [1.165, 1.54) is 16.9 Å². The predicted octanol–water partition coefficient (Wildman–Crippen LogP) is 8.43. The number of nitrogens with one attached hydrogen (secondary N) is 2. The largest absolute Gasteiger partial charge is 0.429 e. The second-order valence-corrected chi connectivity index (χ2v) is 11.0. The number of anilines is 4. The van der Waals surface area contributed by atoms with Crippen LogP contribution in [0.2, 0.25) is 10.0 Å². The fourth-order valence-corrected chi connectivity index (χ4v) is 5.39. The summed E-state index contributed by atoms with van der Waals surface area (Å²) in [5.74, 6) is 0.519. The lowest BCUT2D eigenvalue weighted by molar-refractivity contribution is -0.383. The van der Waals surface area contributed by atoms with Gasteiger partial charge in [-0.25, -0.2) is 9.55 Å². The van der Waals surface area contributed by atoms with E-state index in [9.17, 15) is 14.9 Å². The monoisotopic (exact) mass is 676 g/mol. The standard InChI is InChI=1S/C30H19BrCl2N6O4/c31-18-12-13-23-19(15-18)29(40)38(30-37-26(16-43-30)34-24-10-3-4-11-25(24)39(41)42)27(35-23)14-17-6-1-2-9-22(17)36-28-20(32)7-5-8-21(28)33/h1-13,15-16,34,36H,14H2. The summed E-state index contributed by atoms with van der Waals surface area (Å²) >= 11 is 16.2. The van der Waals surface area contributed by atoms with Crippen molar-refractivity contribution in [1.82, 2.24) is 14.5 Å². The van der Waals surface area contributed by atoms with Crippen molar-refractivity contribution in [3.8, 4) is 6.01 Å². The fourth-order valence-electron chi connectivity index (χ4n) is 4.54. The zero-order valence-corrected chi connectivity index (χ0v) is 25.0. The van der Waals surface area contributed by atoms with E-state index < -0.39 is 10.5 Å². The van der Waals surface area contributed by atoms with Gasteiger partial charge in [-0.2, -0.15) is 4.98 Å². The molecule has 0 aliphatic carbocycles. The normalized spacial score (nSPS) is 11.0. The first-order chi connectivity index (χ1) is 20.8. The number of nitro benzene ring substituents is 1. The SMILES string of the molecule is O=c1c2cc(Br)ccc2nc(Cc2ccccc2Nc2c(Cl)cccc2Cl)n1-c1nc(Nc2ccccc2[N+](=O)[O-])co1. The molecule has 2 heterocycles. The zero-order valence-electron chi connectivity index (χ0n) is 21.9. The number of hydrogen-bond donors (Lipinski definition) is 2. The van der Waals surface area contributed by atoms with Crippen LogP contribution >= 0.6 is 39.1 Å². The Hall–Kier alpha value is -4.71. The molecular formula is C30H19BrCl2N6O4. The van der Waals surface area contributed by atoms with Gasteiger partial charge < -0.3 is 15.1 Å². The van der Waals surface area contributed by atoms with Gasteiger partial charge in [-0.1, -0.05) is 75.5 Å². The van der Waals surface area contributed by atoms with Crippen LogP contribution in [0.15, 0.2) is 105 Å². The van der Waals surface area contributed by atoms with Gasteiger partial charge in [0.25, 0.3) is 11.2 Å². The Balaban J connectivity index is 1.44. The molecule has 43 heavy (non-hydrogen) atoms. The van der Waals surface area contributed by atoms with Gasteiger partial charge in [-0.15, -0.1) is 0 Å². The number of aromatic nitrogens is 3. The number of oxazole rings is 1. The van der Waals surface area contributed by atoms with Gasteiger partial charge in [-0.3, -0.25) is 14.9 Å². The first-order valence-electron chi connectivity index (χ1n) is 12.7. The Labute approximate surface area is 262 Å². The van der Waals surface area contributed by atoms with Crippen LogP contribution in [0.3, 0.4) is 0 Å². The molecule has 2 N–H and O–H groups in total. The zero-order chi connectivity index (χ0) is 30.1. The van der Waals surface area contributed by atoms with Gasteiger partial charge in [0.2, 0.25) is 0 Å². The van der Waals surface area contributed by atoms with Crippen LogP contribution in [0, 0.1) is 10.1 Å². The van der Waals surface area contributed by atoms with Gasteiger partial charge in [0, 0.05) is 22.6 Å². The summed E-state index contributed by atoms with van der Waals surface area (Å²) in [6.45, 7) is 0. The third-order valence-corrected chi connectivity index (χ3v) is 7.66. The summed E-state index contributed by atoms with van der Waals surface area (Å²) in [5.41, 5.74) is 2.22. The lowest BCUT2D eigenvalue weighted by Crippen LogP contribution is -2.24. The molecule has 6 aromatic rings. The van der Waals surface area contributed by atoms with E-state index >= 15 is 0 Å². The second-order valence-electron chi connectivity index (χ2n) is 9.30. The first-order valence-corrected chi connectivity index (χ1v) is 14.3. The molecule has 0 aliphatic heterocycles. The highest BCUT2D eigenvalue weighted by Crippen LogP contribution is 2.34. The lowest BCUT2D eigenvalue weighted by Gasteiger charge is -2.16. The number of hydrogen-bond acceptors (Lipinski definition) is 8. The highest BCUT2D eigenvalue weighted by molar-refractivity contribution is 9.10. The summed E-state index contributed by atoms with van der Waals surface area (Å²) in [4.78, 5) is 34.1. The second kappa shape index (κ2) is 11.9. The molecule has 0 saturated heterocycles. The molecule has 0 fully saturated rings. The van der Waals surface area contributed by atoms with E-state index in [0.717, 1.165) is 5.56 Å². The maximum Gasteiger partial charge on any atom is 0.312 e. The fraction of sp³-hybridized carbons (Fsp3) is 0.0333. The van der Waals surface area contributed by atoms with Gasteiger partial charge in [0.1, 0.15) is 17.8 Å². The van der Waals surface area contributed by atoms with Gasteiger partial charge in [0.15, 0.2) is 5.82 Å². The van der Waals surface area contributed by atoms with Crippen molar-refractivity contribution >= 4 is 78.6 Å². The van der Waals surface area contributed by atoms with E-state index in [2.05, 4.69) is 31.5 Å². The molecule has 0 amide bonds. The Bertz CT molecular complexity index is 2060. The van der Waals surface area contributed by atoms with Crippen molar-refractivity contribution in [3.63, 3.8) is 0 Å². The summed E-state index contributed by atoms with van der Waals surface area (Å²) < 4.78 is 7.73. The molecule has 0 atom stereocenters. The third kappa shape index (κ3) is 5.82. The van der Waals surface area contributed by atoms with Crippen molar-refractivity contribution in [3.05, 3.63) is 138 Å². The van der Waals surface area contributed by atoms with Crippen molar-refractivity contribution in [2.24, 2.45) is 0 Å². The summed E-state index contributed by atoms with van der Waals surface area (Å²) in [6, 6.07) is 24.0. The maximum absolute atomic E-state index is 13.9. The molecular weight excluding hydrogens is 659 g/mol. The minimum atomic E-state index is -0.502. The third-order valence-electron chi connectivity index (χ3n) is 6.53. The van der Waals surface area contributed by atoms with E-state index in [4.69, 9.17) is 32.6 Å². The Morgan fingerprint density at radius 3 is 2.40 bits per heavy atom. The number of benzene rings is 4. The van der Waals surface area contributed by atoms with Crippen LogP contribution < -0.4 is 16.2 Å². The van der Waals surface area contributed by atoms with Crippen LogP contribution in [0.4, 0.5) is 28.6 Å². The van der Waals surface area contributed by atoms with E-state index in [-0.39, 0.29) is 29.6 Å². The van der Waals surface area contributed by atoms with Crippen LogP contribution in [-0.2, 0) is 6.42 Å². The van der Waals surface area contributed by atoms with Crippen LogP contribution in [0.5, 0.6) is 0 Å². The van der Waals surface area contributed by atoms with Crippen molar-refractivity contribution in [2.75, 3.05) is 10.6 Å². The number of fused-ring (bicyclic) bond motifs is 1. The van der Waals surface area contributed by atoms with E-state index in [1.54, 1.807) is 54.6 Å². The van der Waals surface area contributed by atoms with Crippen molar-refractivity contribution < 1.29 is 9.34 Å². The van der Waals surface area contributed by atoms with Crippen LogP contribution in [-0.4, -0.2) is 19.5 Å². The quantitative estimate of drug-likeness (QED) is 0.121. The number of rotatable bonds is 8. The number of nitro groups is 1. The maximum atomic E-state index is 13.9. The Morgan fingerprint density at radius 1 is 0.907 bits per heavy atom. The average molecular weight is 678 g/mol. The molecule has 0 spiro atoms.